The largest absolute Gasteiger partial charge is 0.479 e. The zero-order chi connectivity index (χ0) is 17.5. The Morgan fingerprint density at radius 3 is 2.67 bits per heavy atom. The minimum Gasteiger partial charge on any atom is -0.479 e. The lowest BCUT2D eigenvalue weighted by Crippen LogP contribution is -2.46. The van der Waals surface area contributed by atoms with E-state index in [1.807, 2.05) is 18.2 Å². The number of likely N-dealkylation sites (tertiary alicyclic amines) is 1. The van der Waals surface area contributed by atoms with Crippen molar-refractivity contribution in [3.63, 3.8) is 0 Å². The Labute approximate surface area is 145 Å². The molecule has 2 heterocycles. The van der Waals surface area contributed by atoms with Gasteiger partial charge in [-0.3, -0.25) is 4.79 Å². The van der Waals surface area contributed by atoms with E-state index in [1.165, 1.54) is 0 Å². The number of hydrogen-bond donors (Lipinski definition) is 1. The van der Waals surface area contributed by atoms with Crippen molar-refractivity contribution in [1.29, 1.82) is 0 Å². The number of amides is 1. The number of carbonyl (C=O) groups excluding carboxylic acids is 1. The average molecular weight is 354 g/mol. The van der Waals surface area contributed by atoms with Crippen molar-refractivity contribution in [2.24, 2.45) is 0 Å². The first-order valence-electron chi connectivity index (χ1n) is 7.93. The second-order valence-electron chi connectivity index (χ2n) is 6.56. The fraction of sp³-hybridized carbons (Fsp3) is 0.529. The number of aliphatic carboxylic acids is 1. The molecule has 0 bridgehead atoms. The van der Waals surface area contributed by atoms with Gasteiger partial charge in [0.1, 0.15) is 0 Å². The maximum atomic E-state index is 12.9. The maximum Gasteiger partial charge on any atom is 0.336 e. The van der Waals surface area contributed by atoms with Crippen molar-refractivity contribution >= 4 is 23.5 Å². The van der Waals surface area contributed by atoms with E-state index < -0.39 is 24.0 Å². The Morgan fingerprint density at radius 2 is 2.00 bits per heavy atom. The molecule has 0 unspecified atom stereocenters. The summed E-state index contributed by atoms with van der Waals surface area (Å²) in [6, 6.07) is 7.26. The summed E-state index contributed by atoms with van der Waals surface area (Å²) in [7, 11) is 0. The van der Waals surface area contributed by atoms with Gasteiger partial charge in [-0.15, -0.1) is 0 Å². The second kappa shape index (κ2) is 6.35. The van der Waals surface area contributed by atoms with Crippen molar-refractivity contribution < 1.29 is 24.2 Å². The van der Waals surface area contributed by atoms with Crippen LogP contribution in [0.2, 0.25) is 5.02 Å². The number of hydrogen-bond acceptors (Lipinski definition) is 4. The quantitative estimate of drug-likeness (QED) is 0.904. The summed E-state index contributed by atoms with van der Waals surface area (Å²) in [5.41, 5.74) is 0.943. The van der Waals surface area contributed by atoms with Gasteiger partial charge in [0.15, 0.2) is 18.0 Å². The highest BCUT2D eigenvalue weighted by atomic mass is 35.5. The van der Waals surface area contributed by atoms with Gasteiger partial charge in [-0.05, 0) is 44.4 Å². The molecule has 2 aliphatic heterocycles. The summed E-state index contributed by atoms with van der Waals surface area (Å²) in [5, 5.41) is 9.94. The lowest BCUT2D eigenvalue weighted by atomic mass is 10.0. The van der Waals surface area contributed by atoms with E-state index in [0.29, 0.717) is 11.6 Å². The number of carboxylic acids is 1. The summed E-state index contributed by atoms with van der Waals surface area (Å²) in [6.07, 6.45) is -0.788. The number of halogens is 1. The van der Waals surface area contributed by atoms with Gasteiger partial charge >= 0.3 is 5.97 Å². The molecule has 1 N–H and O–H groups in total. The van der Waals surface area contributed by atoms with Crippen molar-refractivity contribution in [1.82, 2.24) is 4.90 Å². The first-order valence-corrected chi connectivity index (χ1v) is 8.31. The van der Waals surface area contributed by atoms with Crippen LogP contribution in [0.1, 0.15) is 38.3 Å². The van der Waals surface area contributed by atoms with Gasteiger partial charge in [-0.25, -0.2) is 4.79 Å². The van der Waals surface area contributed by atoms with Crippen LogP contribution < -0.4 is 0 Å². The van der Waals surface area contributed by atoms with E-state index in [0.717, 1.165) is 18.4 Å². The van der Waals surface area contributed by atoms with Crippen LogP contribution in [0.25, 0.3) is 0 Å². The summed E-state index contributed by atoms with van der Waals surface area (Å²) >= 11 is 6.05. The smallest absolute Gasteiger partial charge is 0.336 e. The molecular formula is C17H20ClNO5. The Balaban J connectivity index is 1.84. The van der Waals surface area contributed by atoms with Crippen LogP contribution in [0.3, 0.4) is 0 Å². The molecule has 3 atom stereocenters. The van der Waals surface area contributed by atoms with Gasteiger partial charge in [-0.1, -0.05) is 23.7 Å². The summed E-state index contributed by atoms with van der Waals surface area (Å²) in [5.74, 6) is -2.65. The standard InChI is InChI=1S/C17H20ClNO5/c1-17(2)23-13(14(24-17)16(21)22)15(20)19-8-4-7-12(19)10-5-3-6-11(18)9-10/h3,5-6,9,12-14H,4,7-8H2,1-2H3,(H,21,22)/t12-,13-,14-/m1/s1. The van der Waals surface area contributed by atoms with Crippen LogP contribution in [-0.2, 0) is 19.1 Å². The molecule has 130 valence electrons. The molecular weight excluding hydrogens is 334 g/mol. The van der Waals surface area contributed by atoms with E-state index >= 15 is 0 Å². The topological polar surface area (TPSA) is 76.1 Å². The predicted molar refractivity (Wildman–Crippen MR) is 86.6 cm³/mol. The third-order valence-electron chi connectivity index (χ3n) is 4.35. The Kier molecular flexibility index (Phi) is 4.55. The van der Waals surface area contributed by atoms with Crippen LogP contribution >= 0.6 is 11.6 Å². The number of carboxylic acid groups (broad SMARTS) is 1. The highest BCUT2D eigenvalue weighted by Gasteiger charge is 2.51. The van der Waals surface area contributed by atoms with E-state index in [1.54, 1.807) is 24.8 Å². The molecule has 6 nitrogen and oxygen atoms in total. The molecule has 1 amide bonds. The molecule has 3 rings (SSSR count). The van der Waals surface area contributed by atoms with Crippen molar-refractivity contribution in [2.75, 3.05) is 6.54 Å². The van der Waals surface area contributed by atoms with E-state index in [2.05, 4.69) is 0 Å². The second-order valence-corrected chi connectivity index (χ2v) is 7.00. The highest BCUT2D eigenvalue weighted by molar-refractivity contribution is 6.30. The molecule has 0 spiro atoms. The molecule has 2 aliphatic rings. The van der Waals surface area contributed by atoms with Gasteiger partial charge in [0.25, 0.3) is 5.91 Å². The molecule has 0 aliphatic carbocycles. The number of carbonyl (C=O) groups is 2. The van der Waals surface area contributed by atoms with Crippen LogP contribution in [0.15, 0.2) is 24.3 Å². The zero-order valence-corrected chi connectivity index (χ0v) is 14.3. The fourth-order valence-corrected chi connectivity index (χ4v) is 3.58. The van der Waals surface area contributed by atoms with Crippen LogP contribution in [0.4, 0.5) is 0 Å². The molecule has 1 aromatic rings. The van der Waals surface area contributed by atoms with Gasteiger partial charge in [-0.2, -0.15) is 0 Å². The molecule has 0 saturated carbocycles. The SMILES string of the molecule is CC1(C)O[C@@H](C(=O)O)[C@H](C(=O)N2CCC[C@@H]2c2cccc(Cl)c2)O1. The third-order valence-corrected chi connectivity index (χ3v) is 4.59. The monoisotopic (exact) mass is 353 g/mol. The molecule has 0 aromatic heterocycles. The zero-order valence-electron chi connectivity index (χ0n) is 13.6. The number of nitrogens with zero attached hydrogens (tertiary/aromatic N) is 1. The molecule has 1 aromatic carbocycles. The van der Waals surface area contributed by atoms with Gasteiger partial charge < -0.3 is 19.5 Å². The Bertz CT molecular complexity index is 662. The minimum atomic E-state index is -1.30. The fourth-order valence-electron chi connectivity index (χ4n) is 3.38. The van der Waals surface area contributed by atoms with Crippen LogP contribution in [0.5, 0.6) is 0 Å². The summed E-state index contributed by atoms with van der Waals surface area (Å²) in [6.45, 7) is 3.77. The van der Waals surface area contributed by atoms with Gasteiger partial charge in [0.2, 0.25) is 0 Å². The number of ether oxygens (including phenoxy) is 2. The maximum absolute atomic E-state index is 12.9. The first kappa shape index (κ1) is 17.2. The molecule has 2 saturated heterocycles. The minimum absolute atomic E-state index is 0.127. The Hall–Kier alpha value is -1.63. The normalized spacial score (nSPS) is 29.0. The van der Waals surface area contributed by atoms with E-state index in [-0.39, 0.29) is 11.9 Å². The predicted octanol–water partition coefficient (Wildman–Crippen LogP) is 2.61. The molecule has 7 heteroatoms. The number of benzene rings is 1. The lowest BCUT2D eigenvalue weighted by molar-refractivity contribution is -0.167. The van der Waals surface area contributed by atoms with Crippen molar-refractivity contribution in [3.8, 4) is 0 Å². The van der Waals surface area contributed by atoms with Gasteiger partial charge in [0, 0.05) is 11.6 Å². The van der Waals surface area contributed by atoms with Crippen molar-refractivity contribution in [3.05, 3.63) is 34.9 Å². The van der Waals surface area contributed by atoms with E-state index in [4.69, 9.17) is 21.1 Å². The molecule has 0 radical (unpaired) electrons. The van der Waals surface area contributed by atoms with E-state index in [9.17, 15) is 14.7 Å². The highest BCUT2D eigenvalue weighted by Crippen LogP contribution is 2.36. The summed E-state index contributed by atoms with van der Waals surface area (Å²) in [4.78, 5) is 26.0. The van der Waals surface area contributed by atoms with Crippen LogP contribution in [0, 0.1) is 0 Å². The summed E-state index contributed by atoms with van der Waals surface area (Å²) < 4.78 is 11.0. The molecule has 2 fully saturated rings. The van der Waals surface area contributed by atoms with Gasteiger partial charge in [0.05, 0.1) is 6.04 Å². The van der Waals surface area contributed by atoms with Crippen molar-refractivity contribution in [2.45, 2.75) is 50.7 Å². The first-order chi connectivity index (χ1) is 11.3. The van der Waals surface area contributed by atoms with Crippen LogP contribution in [-0.4, -0.2) is 46.4 Å². The third kappa shape index (κ3) is 3.27. The molecule has 24 heavy (non-hydrogen) atoms. The number of rotatable bonds is 3. The Morgan fingerprint density at radius 1 is 1.29 bits per heavy atom. The lowest BCUT2D eigenvalue weighted by Gasteiger charge is -2.28. The average Bonchev–Trinajstić information content (AvgIpc) is 3.10.